The molecular weight excluding hydrogens is 701 g/mol. The summed E-state index contributed by atoms with van der Waals surface area (Å²) in [5, 5.41) is 0. The zero-order chi connectivity index (χ0) is 40.0. The SMILES string of the molecule is CCCCCCCC/C=C\CCCCCCCC(=O)OCCCOP(=O)(O)OC[C@@H](OC(=O)CCCCCCC/C=C\CCCCCCCC)[N+](C)(C)C. The number of likely N-dealkylation sites (N-methyl/N-ethyl adjacent to an activating group) is 1. The number of hydrogen-bond acceptors (Lipinski definition) is 7. The minimum absolute atomic E-state index is 0.0984. The van der Waals surface area contributed by atoms with Crippen LogP contribution in [0.1, 0.15) is 200 Å². The first-order chi connectivity index (χ1) is 26.0. The van der Waals surface area contributed by atoms with Crippen LogP contribution in [0.2, 0.25) is 0 Å². The van der Waals surface area contributed by atoms with Crippen molar-refractivity contribution < 1.29 is 42.1 Å². The Bertz CT molecular complexity index is 980. The van der Waals surface area contributed by atoms with Gasteiger partial charge in [-0.15, -0.1) is 0 Å². The summed E-state index contributed by atoms with van der Waals surface area (Å²) in [6, 6.07) is 0. The average molecular weight is 787 g/mol. The Morgan fingerprint density at radius 3 is 1.35 bits per heavy atom. The highest BCUT2D eigenvalue weighted by molar-refractivity contribution is 7.47. The van der Waals surface area contributed by atoms with Crippen LogP contribution in [0.25, 0.3) is 0 Å². The summed E-state index contributed by atoms with van der Waals surface area (Å²) in [5.41, 5.74) is 0. The lowest BCUT2D eigenvalue weighted by Gasteiger charge is -2.33. The first-order valence-electron chi connectivity index (χ1n) is 22.1. The third-order valence-corrected chi connectivity index (χ3v) is 10.6. The first kappa shape index (κ1) is 52.5. The number of carbonyl (C=O) groups is 2. The summed E-state index contributed by atoms with van der Waals surface area (Å²) in [4.78, 5) is 34.8. The number of carbonyl (C=O) groups excluding carboxylic acids is 2. The lowest BCUT2D eigenvalue weighted by atomic mass is 10.1. The summed E-state index contributed by atoms with van der Waals surface area (Å²) in [7, 11) is 1.12. The monoisotopic (exact) mass is 787 g/mol. The highest BCUT2D eigenvalue weighted by Gasteiger charge is 2.32. The second kappa shape index (κ2) is 37.1. The van der Waals surface area contributed by atoms with Crippen LogP contribution in [0.5, 0.6) is 0 Å². The number of allylic oxidation sites excluding steroid dienone is 4. The molecule has 1 unspecified atom stereocenters. The molecule has 0 aromatic carbocycles. The van der Waals surface area contributed by atoms with Crippen LogP contribution in [0, 0.1) is 0 Å². The Morgan fingerprint density at radius 1 is 0.537 bits per heavy atom. The molecule has 0 aromatic rings. The van der Waals surface area contributed by atoms with Gasteiger partial charge in [0.05, 0.1) is 34.4 Å². The van der Waals surface area contributed by atoms with Crippen molar-refractivity contribution in [3.8, 4) is 0 Å². The van der Waals surface area contributed by atoms with E-state index in [2.05, 4.69) is 38.2 Å². The summed E-state index contributed by atoms with van der Waals surface area (Å²) in [6.45, 7) is 4.24. The molecule has 0 saturated heterocycles. The van der Waals surface area contributed by atoms with Crippen molar-refractivity contribution in [1.29, 1.82) is 0 Å². The highest BCUT2D eigenvalue weighted by Crippen LogP contribution is 2.43. The fraction of sp³-hybridized carbons (Fsp3) is 0.864. The fourth-order valence-electron chi connectivity index (χ4n) is 6.00. The van der Waals surface area contributed by atoms with E-state index in [1.54, 1.807) is 0 Å². The minimum Gasteiger partial charge on any atom is -0.466 e. The predicted molar refractivity (Wildman–Crippen MR) is 224 cm³/mol. The van der Waals surface area contributed by atoms with Gasteiger partial charge in [0.15, 0.2) is 0 Å². The number of quaternary nitrogens is 1. The molecule has 0 amide bonds. The van der Waals surface area contributed by atoms with Crippen LogP contribution in [-0.2, 0) is 32.7 Å². The molecule has 0 rings (SSSR count). The second-order valence-corrected chi connectivity index (χ2v) is 17.4. The van der Waals surface area contributed by atoms with Gasteiger partial charge in [0.1, 0.15) is 6.61 Å². The third-order valence-electron chi connectivity index (χ3n) is 9.60. The Morgan fingerprint density at radius 2 is 0.926 bits per heavy atom. The van der Waals surface area contributed by atoms with Gasteiger partial charge < -0.3 is 14.4 Å². The van der Waals surface area contributed by atoms with E-state index in [0.29, 0.717) is 12.8 Å². The molecule has 0 spiro atoms. The van der Waals surface area contributed by atoms with Gasteiger partial charge in [0, 0.05) is 19.3 Å². The van der Waals surface area contributed by atoms with Crippen molar-refractivity contribution in [1.82, 2.24) is 0 Å². The van der Waals surface area contributed by atoms with Crippen molar-refractivity contribution in [3.63, 3.8) is 0 Å². The molecule has 0 bridgehead atoms. The molecule has 0 aliphatic rings. The smallest absolute Gasteiger partial charge is 0.466 e. The van der Waals surface area contributed by atoms with E-state index in [-0.39, 0.29) is 42.7 Å². The maximum absolute atomic E-state index is 12.6. The van der Waals surface area contributed by atoms with E-state index in [4.69, 9.17) is 18.5 Å². The Labute approximate surface area is 332 Å². The second-order valence-electron chi connectivity index (χ2n) is 15.9. The van der Waals surface area contributed by atoms with Crippen molar-refractivity contribution in [2.45, 2.75) is 206 Å². The van der Waals surface area contributed by atoms with E-state index in [9.17, 15) is 19.0 Å². The highest BCUT2D eigenvalue weighted by atomic mass is 31.2. The van der Waals surface area contributed by atoms with Gasteiger partial charge >= 0.3 is 19.8 Å². The van der Waals surface area contributed by atoms with Crippen molar-refractivity contribution in [3.05, 3.63) is 24.3 Å². The maximum Gasteiger partial charge on any atom is 0.472 e. The van der Waals surface area contributed by atoms with Crippen LogP contribution >= 0.6 is 7.82 Å². The number of phosphoric ester groups is 1. The molecule has 0 aliphatic heterocycles. The van der Waals surface area contributed by atoms with Gasteiger partial charge in [-0.3, -0.25) is 23.1 Å². The zero-order valence-electron chi connectivity index (χ0n) is 35.7. The Kier molecular flexibility index (Phi) is 36.1. The van der Waals surface area contributed by atoms with E-state index in [0.717, 1.165) is 57.8 Å². The number of rotatable bonds is 40. The van der Waals surface area contributed by atoms with Gasteiger partial charge in [-0.1, -0.05) is 141 Å². The molecule has 0 aromatic heterocycles. The molecule has 0 saturated carbocycles. The molecule has 0 radical (unpaired) electrons. The van der Waals surface area contributed by atoms with Gasteiger partial charge in [-0.05, 0) is 64.2 Å². The molecule has 2 atom stereocenters. The molecule has 9 nitrogen and oxygen atoms in total. The van der Waals surface area contributed by atoms with E-state index in [1.165, 1.54) is 109 Å². The maximum atomic E-state index is 12.6. The number of hydrogen-bond donors (Lipinski definition) is 1. The Balaban J connectivity index is 3.92. The van der Waals surface area contributed by atoms with Crippen LogP contribution in [0.15, 0.2) is 24.3 Å². The zero-order valence-corrected chi connectivity index (χ0v) is 36.6. The topological polar surface area (TPSA) is 108 Å². The van der Waals surface area contributed by atoms with E-state index < -0.39 is 14.1 Å². The lowest BCUT2D eigenvalue weighted by molar-refractivity contribution is -0.917. The molecule has 318 valence electrons. The minimum atomic E-state index is -4.37. The number of nitrogens with zero attached hydrogens (tertiary/aromatic N) is 1. The van der Waals surface area contributed by atoms with Crippen LogP contribution in [0.4, 0.5) is 0 Å². The molecule has 1 N–H and O–H groups in total. The van der Waals surface area contributed by atoms with Crippen LogP contribution < -0.4 is 0 Å². The normalized spacial score (nSPS) is 13.8. The number of ether oxygens (including phenoxy) is 2. The summed E-state index contributed by atoms with van der Waals surface area (Å²) in [5.74, 6) is -0.600. The van der Waals surface area contributed by atoms with Gasteiger partial charge in [0.25, 0.3) is 6.23 Å². The number of unbranched alkanes of at least 4 members (excludes halogenated alkanes) is 22. The largest absolute Gasteiger partial charge is 0.472 e. The van der Waals surface area contributed by atoms with Crippen LogP contribution in [0.3, 0.4) is 0 Å². The quantitative estimate of drug-likeness (QED) is 0.0163. The summed E-state index contributed by atoms with van der Waals surface area (Å²) in [6.07, 6.45) is 40.6. The van der Waals surface area contributed by atoms with E-state index in [1.807, 2.05) is 21.1 Å². The van der Waals surface area contributed by atoms with Gasteiger partial charge in [-0.2, -0.15) is 0 Å². The van der Waals surface area contributed by atoms with Crippen molar-refractivity contribution >= 4 is 19.8 Å². The number of phosphoric acid groups is 1. The average Bonchev–Trinajstić information content (AvgIpc) is 3.12. The first-order valence-corrected chi connectivity index (χ1v) is 23.6. The summed E-state index contributed by atoms with van der Waals surface area (Å²) < 4.78 is 33.8. The van der Waals surface area contributed by atoms with Crippen molar-refractivity contribution in [2.75, 3.05) is 41.0 Å². The molecular formula is C44H85NO8P+. The lowest BCUT2D eigenvalue weighted by Crippen LogP contribution is -2.50. The van der Waals surface area contributed by atoms with Crippen LogP contribution in [-0.4, -0.2) is 68.5 Å². The number of esters is 2. The summed E-state index contributed by atoms with van der Waals surface area (Å²) >= 11 is 0. The standard InChI is InChI=1S/C44H84NO8P/c1-6-8-10-12-14-16-18-20-22-24-26-28-30-32-34-37-43(46)50-39-36-40-51-54(48,49)52-41-42(45(3,4)5)53-44(47)38-35-33-31-29-27-25-23-21-19-17-15-13-11-9-7-2/h20-23,42H,6-19,24-41H2,1-5H3/p+1/b22-20-,23-21-/t42-/m1/s1. The molecule has 54 heavy (non-hydrogen) atoms. The van der Waals surface area contributed by atoms with Gasteiger partial charge in [-0.25, -0.2) is 4.57 Å². The molecule has 10 heteroatoms. The predicted octanol–water partition coefficient (Wildman–Crippen LogP) is 12.7. The van der Waals surface area contributed by atoms with Crippen molar-refractivity contribution in [2.24, 2.45) is 0 Å². The fourth-order valence-corrected chi connectivity index (χ4v) is 6.75. The Hall–Kier alpha value is -1.51. The van der Waals surface area contributed by atoms with Gasteiger partial charge in [0.2, 0.25) is 0 Å². The van der Waals surface area contributed by atoms with E-state index >= 15 is 0 Å². The third kappa shape index (κ3) is 37.4. The molecule has 0 aliphatic carbocycles. The molecule has 0 heterocycles. The molecule has 0 fully saturated rings.